The number of hydrogen-bond acceptors (Lipinski definition) is 4. The predicted molar refractivity (Wildman–Crippen MR) is 104 cm³/mol. The number of fused-ring (bicyclic) bond motifs is 1. The van der Waals surface area contributed by atoms with Crippen molar-refractivity contribution in [3.05, 3.63) is 76.4 Å². The zero-order chi connectivity index (χ0) is 19.0. The number of ether oxygens (including phenoxy) is 1. The van der Waals surface area contributed by atoms with Crippen molar-refractivity contribution in [2.45, 2.75) is 0 Å². The number of benzene rings is 2. The number of aromatic amines is 1. The maximum Gasteiger partial charge on any atom is 0.261 e. The number of anilines is 1. The van der Waals surface area contributed by atoms with Gasteiger partial charge in [-0.1, -0.05) is 24.3 Å². The first kappa shape index (κ1) is 16.4. The van der Waals surface area contributed by atoms with Crippen LogP contribution in [-0.2, 0) is 0 Å². The van der Waals surface area contributed by atoms with E-state index in [9.17, 15) is 4.79 Å². The zero-order valence-electron chi connectivity index (χ0n) is 14.4. The fourth-order valence-electron chi connectivity index (χ4n) is 2.99. The Morgan fingerprint density at radius 2 is 1.78 bits per heavy atom. The van der Waals surface area contributed by atoms with Crippen LogP contribution in [0.4, 0.5) is 11.5 Å². The van der Waals surface area contributed by atoms with E-state index in [1.54, 1.807) is 19.2 Å². The van der Waals surface area contributed by atoms with Crippen molar-refractivity contribution in [1.82, 2.24) is 14.4 Å². The standard InChI is InChI=1S/C20H15N5O2/c1-22-14-7-3-12(4-8-14)18-19(13-5-9-15(27-2)10-6-13)25-17(26)11-16(21)23-20(25)24-18/h3-11H,21H2,2H3,(H,23,24). The lowest BCUT2D eigenvalue weighted by Gasteiger charge is -2.07. The predicted octanol–water partition coefficient (Wildman–Crippen LogP) is 3.50. The molecule has 0 fully saturated rings. The van der Waals surface area contributed by atoms with Gasteiger partial charge in [-0.05, 0) is 29.8 Å². The second-order valence-electron chi connectivity index (χ2n) is 5.92. The average Bonchev–Trinajstić information content (AvgIpc) is 3.07. The van der Waals surface area contributed by atoms with Crippen LogP contribution in [0, 0.1) is 6.57 Å². The molecule has 2 heterocycles. The molecular formula is C20H15N5O2. The minimum atomic E-state index is -0.274. The first-order valence-electron chi connectivity index (χ1n) is 8.14. The van der Waals surface area contributed by atoms with Gasteiger partial charge in [0.15, 0.2) is 5.69 Å². The van der Waals surface area contributed by atoms with Gasteiger partial charge >= 0.3 is 0 Å². The maximum atomic E-state index is 12.6. The molecule has 2 aromatic heterocycles. The first-order chi connectivity index (χ1) is 13.1. The van der Waals surface area contributed by atoms with Gasteiger partial charge in [-0.25, -0.2) is 14.2 Å². The van der Waals surface area contributed by atoms with Crippen molar-refractivity contribution in [3.8, 4) is 28.3 Å². The molecule has 0 spiro atoms. The highest BCUT2D eigenvalue weighted by molar-refractivity contribution is 5.82. The molecule has 27 heavy (non-hydrogen) atoms. The van der Waals surface area contributed by atoms with E-state index in [1.165, 1.54) is 10.5 Å². The summed E-state index contributed by atoms with van der Waals surface area (Å²) in [6, 6.07) is 15.8. The number of H-pyrrole nitrogens is 1. The van der Waals surface area contributed by atoms with Gasteiger partial charge in [-0.15, -0.1) is 0 Å². The zero-order valence-corrected chi connectivity index (χ0v) is 14.4. The van der Waals surface area contributed by atoms with Crippen molar-refractivity contribution in [1.29, 1.82) is 0 Å². The molecule has 3 N–H and O–H groups in total. The molecule has 0 aliphatic heterocycles. The Hall–Kier alpha value is -4.05. The van der Waals surface area contributed by atoms with E-state index in [2.05, 4.69) is 14.8 Å². The summed E-state index contributed by atoms with van der Waals surface area (Å²) in [7, 11) is 1.60. The minimum absolute atomic E-state index is 0.244. The summed E-state index contributed by atoms with van der Waals surface area (Å²) in [4.78, 5) is 23.6. The summed E-state index contributed by atoms with van der Waals surface area (Å²) in [6.07, 6.45) is 0. The maximum absolute atomic E-state index is 12.6. The average molecular weight is 357 g/mol. The van der Waals surface area contributed by atoms with Crippen LogP contribution in [0.5, 0.6) is 5.75 Å². The second-order valence-corrected chi connectivity index (χ2v) is 5.92. The Bertz CT molecular complexity index is 1230. The molecule has 4 aromatic rings. The molecule has 7 heteroatoms. The van der Waals surface area contributed by atoms with Gasteiger partial charge in [0, 0.05) is 11.6 Å². The molecule has 132 valence electrons. The Labute approximate surface area is 154 Å². The summed E-state index contributed by atoms with van der Waals surface area (Å²) in [5.41, 5.74) is 8.91. The Kier molecular flexibility index (Phi) is 3.86. The third-order valence-electron chi connectivity index (χ3n) is 4.27. The van der Waals surface area contributed by atoms with Gasteiger partial charge in [0.05, 0.1) is 25.1 Å². The van der Waals surface area contributed by atoms with E-state index in [4.69, 9.17) is 17.0 Å². The van der Waals surface area contributed by atoms with Gasteiger partial charge in [-0.2, -0.15) is 0 Å². The number of rotatable bonds is 3. The lowest BCUT2D eigenvalue weighted by Crippen LogP contribution is -2.15. The molecule has 0 unspecified atom stereocenters. The van der Waals surface area contributed by atoms with E-state index >= 15 is 0 Å². The SMILES string of the molecule is [C-]#[N+]c1ccc(-c2nc3[nH]c(N)cc(=O)n3c2-c2ccc(OC)cc2)cc1. The lowest BCUT2D eigenvalue weighted by atomic mass is 10.0. The largest absolute Gasteiger partial charge is 0.497 e. The Balaban J connectivity index is 2.03. The highest BCUT2D eigenvalue weighted by Crippen LogP contribution is 2.33. The number of nitrogen functional groups attached to an aromatic ring is 1. The van der Waals surface area contributed by atoms with Crippen molar-refractivity contribution in [2.75, 3.05) is 12.8 Å². The Morgan fingerprint density at radius 3 is 2.41 bits per heavy atom. The van der Waals surface area contributed by atoms with Crippen LogP contribution in [0.15, 0.2) is 59.4 Å². The van der Waals surface area contributed by atoms with Crippen LogP contribution >= 0.6 is 0 Å². The summed E-state index contributed by atoms with van der Waals surface area (Å²) >= 11 is 0. The second kappa shape index (κ2) is 6.35. The van der Waals surface area contributed by atoms with Crippen LogP contribution in [0.3, 0.4) is 0 Å². The normalized spacial score (nSPS) is 10.7. The van der Waals surface area contributed by atoms with Gasteiger partial charge in [0.1, 0.15) is 11.6 Å². The first-order valence-corrected chi connectivity index (χ1v) is 8.14. The van der Waals surface area contributed by atoms with Crippen molar-refractivity contribution < 1.29 is 4.74 Å². The van der Waals surface area contributed by atoms with E-state index < -0.39 is 0 Å². The molecule has 0 radical (unpaired) electrons. The lowest BCUT2D eigenvalue weighted by molar-refractivity contribution is 0.415. The van der Waals surface area contributed by atoms with Gasteiger partial charge in [-0.3, -0.25) is 4.79 Å². The molecule has 0 atom stereocenters. The van der Waals surface area contributed by atoms with Crippen LogP contribution < -0.4 is 16.0 Å². The summed E-state index contributed by atoms with van der Waals surface area (Å²) in [5, 5.41) is 0. The fraction of sp³-hybridized carbons (Fsp3) is 0.0500. The molecule has 4 rings (SSSR count). The smallest absolute Gasteiger partial charge is 0.261 e. The van der Waals surface area contributed by atoms with Gasteiger partial charge in [0.25, 0.3) is 5.56 Å². The van der Waals surface area contributed by atoms with Crippen LogP contribution in [-0.4, -0.2) is 21.5 Å². The third kappa shape index (κ3) is 2.79. The monoisotopic (exact) mass is 357 g/mol. The third-order valence-corrected chi connectivity index (χ3v) is 4.27. The van der Waals surface area contributed by atoms with E-state index in [0.29, 0.717) is 28.6 Å². The van der Waals surface area contributed by atoms with Crippen molar-refractivity contribution in [3.63, 3.8) is 0 Å². The molecule has 0 aliphatic rings. The van der Waals surface area contributed by atoms with Crippen molar-refractivity contribution >= 4 is 17.3 Å². The highest BCUT2D eigenvalue weighted by atomic mass is 16.5. The summed E-state index contributed by atoms with van der Waals surface area (Å²) in [6.45, 7) is 7.11. The van der Waals surface area contributed by atoms with Crippen LogP contribution in [0.2, 0.25) is 0 Å². The number of imidazole rings is 1. The highest BCUT2D eigenvalue weighted by Gasteiger charge is 2.18. The molecule has 0 bridgehead atoms. The molecular weight excluding hydrogens is 342 g/mol. The van der Waals surface area contributed by atoms with Gasteiger partial charge < -0.3 is 15.5 Å². The molecule has 0 saturated carbocycles. The van der Waals surface area contributed by atoms with Crippen LogP contribution in [0.25, 0.3) is 33.1 Å². The van der Waals surface area contributed by atoms with E-state index in [-0.39, 0.29) is 11.4 Å². The minimum Gasteiger partial charge on any atom is -0.497 e. The summed E-state index contributed by atoms with van der Waals surface area (Å²) in [5.74, 6) is 1.32. The number of aromatic nitrogens is 3. The molecule has 0 aliphatic carbocycles. The number of nitrogens with two attached hydrogens (primary N) is 1. The Morgan fingerprint density at radius 1 is 1.11 bits per heavy atom. The molecule has 7 nitrogen and oxygen atoms in total. The van der Waals surface area contributed by atoms with Gasteiger partial charge in [0.2, 0.25) is 5.78 Å². The number of nitrogens with one attached hydrogen (secondary N) is 1. The quantitative estimate of drug-likeness (QED) is 0.549. The number of hydrogen-bond donors (Lipinski definition) is 2. The van der Waals surface area contributed by atoms with Crippen LogP contribution in [0.1, 0.15) is 0 Å². The van der Waals surface area contributed by atoms with E-state index in [0.717, 1.165) is 11.1 Å². The fourth-order valence-corrected chi connectivity index (χ4v) is 2.99. The van der Waals surface area contributed by atoms with E-state index in [1.807, 2.05) is 36.4 Å². The number of methoxy groups -OCH3 is 1. The molecule has 2 aromatic carbocycles. The topological polar surface area (TPSA) is 89.8 Å². The van der Waals surface area contributed by atoms with Crippen molar-refractivity contribution in [2.24, 2.45) is 0 Å². The molecule has 0 saturated heterocycles. The summed E-state index contributed by atoms with van der Waals surface area (Å²) < 4.78 is 6.72. The molecule has 0 amide bonds. The number of nitrogens with zero attached hydrogens (tertiary/aromatic N) is 3.